The standard InChI is InChI=1S/C9H9BrFO/c1-2-12-6-7-3-4-8(10)5-9(7)11/h2-5H,6H2,1H3. The van der Waals surface area contributed by atoms with E-state index in [-0.39, 0.29) is 12.4 Å². The van der Waals surface area contributed by atoms with Crippen LogP contribution in [0.2, 0.25) is 0 Å². The molecule has 0 spiro atoms. The monoisotopic (exact) mass is 231 g/mol. The molecule has 0 saturated carbocycles. The minimum absolute atomic E-state index is 0.244. The highest BCUT2D eigenvalue weighted by Crippen LogP contribution is 2.15. The smallest absolute Gasteiger partial charge is 0.129 e. The van der Waals surface area contributed by atoms with Crippen LogP contribution < -0.4 is 0 Å². The third kappa shape index (κ3) is 2.57. The summed E-state index contributed by atoms with van der Waals surface area (Å²) in [6.07, 6.45) is 0. The van der Waals surface area contributed by atoms with Gasteiger partial charge in [0.2, 0.25) is 0 Å². The van der Waals surface area contributed by atoms with E-state index >= 15 is 0 Å². The van der Waals surface area contributed by atoms with E-state index in [0.29, 0.717) is 5.56 Å². The SMILES string of the molecule is C[CH]OCc1ccc(Br)cc1F. The van der Waals surface area contributed by atoms with E-state index in [1.165, 1.54) is 6.07 Å². The topological polar surface area (TPSA) is 9.23 Å². The van der Waals surface area contributed by atoms with Gasteiger partial charge in [-0.3, -0.25) is 0 Å². The molecular formula is C9H9BrFO. The predicted octanol–water partition coefficient (Wildman–Crippen LogP) is 3.29. The quantitative estimate of drug-likeness (QED) is 0.776. The minimum atomic E-state index is -0.244. The maximum atomic E-state index is 13.0. The number of halogens is 2. The van der Waals surface area contributed by atoms with Crippen LogP contribution in [-0.4, -0.2) is 0 Å². The Kier molecular flexibility index (Phi) is 3.69. The first-order valence-electron chi connectivity index (χ1n) is 3.57. The summed E-state index contributed by atoms with van der Waals surface area (Å²) in [5.74, 6) is -0.244. The molecule has 1 radical (unpaired) electrons. The van der Waals surface area contributed by atoms with Gasteiger partial charge in [-0.2, -0.15) is 0 Å². The number of benzene rings is 1. The summed E-state index contributed by atoms with van der Waals surface area (Å²) in [6.45, 7) is 3.59. The summed E-state index contributed by atoms with van der Waals surface area (Å²) in [6, 6.07) is 4.91. The lowest BCUT2D eigenvalue weighted by Crippen LogP contribution is -1.92. The molecular weight excluding hydrogens is 223 g/mol. The third-order valence-electron chi connectivity index (χ3n) is 1.42. The summed E-state index contributed by atoms with van der Waals surface area (Å²) in [7, 11) is 0. The second-order valence-corrected chi connectivity index (χ2v) is 3.20. The fraction of sp³-hybridized carbons (Fsp3) is 0.222. The molecule has 0 atom stereocenters. The van der Waals surface area contributed by atoms with Gasteiger partial charge in [0.15, 0.2) is 0 Å². The Balaban J connectivity index is 2.72. The molecule has 0 bridgehead atoms. The van der Waals surface area contributed by atoms with Crippen LogP contribution in [0.15, 0.2) is 22.7 Å². The van der Waals surface area contributed by atoms with E-state index in [9.17, 15) is 4.39 Å². The zero-order valence-electron chi connectivity index (χ0n) is 6.68. The summed E-state index contributed by atoms with van der Waals surface area (Å²) >= 11 is 3.18. The van der Waals surface area contributed by atoms with Crippen LogP contribution in [0.3, 0.4) is 0 Å². The van der Waals surface area contributed by atoms with Gasteiger partial charge >= 0.3 is 0 Å². The van der Waals surface area contributed by atoms with Crippen LogP contribution in [0.4, 0.5) is 4.39 Å². The van der Waals surface area contributed by atoms with Crippen molar-refractivity contribution >= 4 is 15.9 Å². The molecule has 0 N–H and O–H groups in total. The van der Waals surface area contributed by atoms with Gasteiger partial charge in [0.05, 0.1) is 13.2 Å². The number of hydrogen-bond acceptors (Lipinski definition) is 1. The first kappa shape index (κ1) is 9.68. The molecule has 0 saturated heterocycles. The molecule has 1 aromatic rings. The number of ether oxygens (including phenoxy) is 1. The summed E-state index contributed by atoms with van der Waals surface area (Å²) in [5.41, 5.74) is 0.566. The molecule has 1 aromatic carbocycles. The van der Waals surface area contributed by atoms with Crippen molar-refractivity contribution in [3.63, 3.8) is 0 Å². The van der Waals surface area contributed by atoms with Crippen LogP contribution in [0.25, 0.3) is 0 Å². The Bertz CT molecular complexity index is 263. The average molecular weight is 232 g/mol. The lowest BCUT2D eigenvalue weighted by Gasteiger charge is -2.02. The van der Waals surface area contributed by atoms with Crippen molar-refractivity contribution in [2.75, 3.05) is 0 Å². The highest BCUT2D eigenvalue weighted by molar-refractivity contribution is 9.10. The highest BCUT2D eigenvalue weighted by Gasteiger charge is 2.01. The largest absolute Gasteiger partial charge is 0.371 e. The van der Waals surface area contributed by atoms with E-state index in [1.807, 2.05) is 0 Å². The van der Waals surface area contributed by atoms with E-state index in [0.717, 1.165) is 4.47 Å². The second kappa shape index (κ2) is 4.58. The Hall–Kier alpha value is -0.410. The van der Waals surface area contributed by atoms with E-state index in [1.54, 1.807) is 25.7 Å². The molecule has 0 unspecified atom stereocenters. The van der Waals surface area contributed by atoms with Crippen molar-refractivity contribution < 1.29 is 9.13 Å². The second-order valence-electron chi connectivity index (χ2n) is 2.28. The predicted molar refractivity (Wildman–Crippen MR) is 48.9 cm³/mol. The van der Waals surface area contributed by atoms with Gasteiger partial charge in [-0.25, -0.2) is 4.39 Å². The van der Waals surface area contributed by atoms with Crippen molar-refractivity contribution in [3.8, 4) is 0 Å². The van der Waals surface area contributed by atoms with E-state index in [2.05, 4.69) is 15.9 Å². The Morgan fingerprint density at radius 2 is 2.33 bits per heavy atom. The molecule has 3 heteroatoms. The van der Waals surface area contributed by atoms with Gasteiger partial charge in [0.25, 0.3) is 0 Å². The van der Waals surface area contributed by atoms with Gasteiger partial charge in [0.1, 0.15) is 5.82 Å². The average Bonchev–Trinajstić information content (AvgIpc) is 2.03. The molecule has 0 aliphatic heterocycles. The van der Waals surface area contributed by atoms with E-state index in [4.69, 9.17) is 4.74 Å². The van der Waals surface area contributed by atoms with Crippen LogP contribution in [0.5, 0.6) is 0 Å². The summed E-state index contributed by atoms with van der Waals surface area (Å²) < 4.78 is 18.7. The number of hydrogen-bond donors (Lipinski definition) is 0. The maximum absolute atomic E-state index is 13.0. The van der Waals surface area contributed by atoms with Gasteiger partial charge < -0.3 is 4.74 Å². The van der Waals surface area contributed by atoms with Crippen LogP contribution in [0, 0.1) is 12.4 Å². The first-order valence-corrected chi connectivity index (χ1v) is 4.36. The molecule has 65 valence electrons. The van der Waals surface area contributed by atoms with Gasteiger partial charge in [0, 0.05) is 10.0 Å². The first-order chi connectivity index (χ1) is 5.74. The normalized spacial score (nSPS) is 10.2. The van der Waals surface area contributed by atoms with Crippen molar-refractivity contribution in [2.45, 2.75) is 13.5 Å². The fourth-order valence-corrected chi connectivity index (χ4v) is 1.15. The van der Waals surface area contributed by atoms with Crippen LogP contribution >= 0.6 is 15.9 Å². The Morgan fingerprint density at radius 3 is 2.92 bits per heavy atom. The molecule has 0 aromatic heterocycles. The zero-order valence-corrected chi connectivity index (χ0v) is 8.27. The van der Waals surface area contributed by atoms with Crippen molar-refractivity contribution in [1.29, 1.82) is 0 Å². The molecule has 0 amide bonds. The number of rotatable bonds is 3. The molecule has 0 fully saturated rings. The molecule has 0 aliphatic rings. The van der Waals surface area contributed by atoms with Gasteiger partial charge in [-0.1, -0.05) is 22.0 Å². The molecule has 1 nitrogen and oxygen atoms in total. The highest BCUT2D eigenvalue weighted by atomic mass is 79.9. The van der Waals surface area contributed by atoms with Crippen LogP contribution in [-0.2, 0) is 11.3 Å². The Morgan fingerprint density at radius 1 is 1.58 bits per heavy atom. The van der Waals surface area contributed by atoms with Gasteiger partial charge in [-0.05, 0) is 19.1 Å². The summed E-state index contributed by atoms with van der Waals surface area (Å²) in [4.78, 5) is 0. The molecule has 0 heterocycles. The molecule has 0 aliphatic carbocycles. The summed E-state index contributed by atoms with van der Waals surface area (Å²) in [5, 5.41) is 0. The van der Waals surface area contributed by atoms with Crippen LogP contribution in [0.1, 0.15) is 12.5 Å². The van der Waals surface area contributed by atoms with Crippen molar-refractivity contribution in [2.24, 2.45) is 0 Å². The maximum Gasteiger partial charge on any atom is 0.129 e. The molecule has 1 rings (SSSR count). The van der Waals surface area contributed by atoms with Crippen molar-refractivity contribution in [1.82, 2.24) is 0 Å². The minimum Gasteiger partial charge on any atom is -0.371 e. The van der Waals surface area contributed by atoms with E-state index < -0.39 is 0 Å². The molecule has 12 heavy (non-hydrogen) atoms. The third-order valence-corrected chi connectivity index (χ3v) is 1.91. The lowest BCUT2D eigenvalue weighted by molar-refractivity contribution is 0.187. The van der Waals surface area contributed by atoms with Gasteiger partial charge in [-0.15, -0.1) is 0 Å². The fourth-order valence-electron chi connectivity index (χ4n) is 0.812. The van der Waals surface area contributed by atoms with Crippen molar-refractivity contribution in [3.05, 3.63) is 40.7 Å². The Labute approximate surface area is 79.7 Å². The zero-order chi connectivity index (χ0) is 8.97. The lowest BCUT2D eigenvalue weighted by atomic mass is 10.2.